The summed E-state index contributed by atoms with van der Waals surface area (Å²) >= 11 is 2.86. The van der Waals surface area contributed by atoms with Gasteiger partial charge in [0.25, 0.3) is 0 Å². The lowest BCUT2D eigenvalue weighted by molar-refractivity contribution is -0.147. The second-order valence-electron chi connectivity index (χ2n) is 5.27. The van der Waals surface area contributed by atoms with Crippen LogP contribution in [-0.2, 0) is 18.9 Å². The summed E-state index contributed by atoms with van der Waals surface area (Å²) in [6, 6.07) is 1.71. The number of aromatic nitrogens is 2. The first-order chi connectivity index (χ1) is 11.9. The first kappa shape index (κ1) is 18.5. The number of aryl methyl sites for hydroxylation is 1. The lowest BCUT2D eigenvalue weighted by Gasteiger charge is -2.11. The zero-order chi connectivity index (χ0) is 19.4. The molecule has 2 aromatic heterocycles. The molecule has 5 nitrogen and oxygen atoms in total. The third-order valence-corrected chi connectivity index (χ3v) is 3.97. The minimum Gasteiger partial charge on any atom is -0.396 e. The van der Waals surface area contributed by atoms with Crippen molar-refractivity contribution in [1.82, 2.24) is 9.55 Å². The van der Waals surface area contributed by atoms with Crippen LogP contribution < -0.4 is 5.82 Å². The maximum atomic E-state index is 13.3. The van der Waals surface area contributed by atoms with Gasteiger partial charge in [-0.15, -0.1) is 0 Å². The van der Waals surface area contributed by atoms with Gasteiger partial charge in [-0.2, -0.15) is 26.3 Å². The normalized spacial score (nSPS) is 12.9. The molecule has 0 radical (unpaired) electrons. The van der Waals surface area contributed by atoms with E-state index in [2.05, 4.69) is 29.7 Å². The first-order valence-electron chi connectivity index (χ1n) is 6.81. The molecule has 0 saturated heterocycles. The molecule has 0 aliphatic rings. The monoisotopic (exact) mass is 444 g/mol. The fourth-order valence-electron chi connectivity index (χ4n) is 2.44. The maximum Gasteiger partial charge on any atom is 0.519 e. The second kappa shape index (κ2) is 5.89. The van der Waals surface area contributed by atoms with Crippen LogP contribution in [-0.4, -0.2) is 9.55 Å². The summed E-state index contributed by atoms with van der Waals surface area (Å²) in [6.45, 7) is 0.598. The van der Waals surface area contributed by atoms with Gasteiger partial charge in [0.2, 0.25) is 5.82 Å². The number of imidazole rings is 1. The first-order valence-corrected chi connectivity index (χ1v) is 7.61. The van der Waals surface area contributed by atoms with Gasteiger partial charge in [-0.3, -0.25) is 0 Å². The summed E-state index contributed by atoms with van der Waals surface area (Å²) in [5.74, 6) is -3.03. The van der Waals surface area contributed by atoms with E-state index in [1.54, 1.807) is 0 Å². The highest BCUT2D eigenvalue weighted by Crippen LogP contribution is 2.40. The highest BCUT2D eigenvalue weighted by Gasteiger charge is 2.41. The van der Waals surface area contributed by atoms with Crippen molar-refractivity contribution < 1.29 is 35.2 Å². The summed E-state index contributed by atoms with van der Waals surface area (Å²) in [5, 5.41) is 0. The number of nitrogens with zero attached hydrogens (tertiary/aromatic N) is 2. The zero-order valence-corrected chi connectivity index (χ0v) is 14.2. The predicted octanol–water partition coefficient (Wildman–Crippen LogP) is 4.74. The summed E-state index contributed by atoms with van der Waals surface area (Å²) in [6.07, 6.45) is -9.95. The molecule has 0 N–H and O–H groups in total. The third-order valence-electron chi connectivity index (χ3n) is 3.52. The fourth-order valence-corrected chi connectivity index (χ4v) is 2.89. The molecule has 2 heterocycles. The van der Waals surface area contributed by atoms with Crippen LogP contribution in [0.2, 0.25) is 0 Å². The lowest BCUT2D eigenvalue weighted by Crippen LogP contribution is -2.15. The van der Waals surface area contributed by atoms with Crippen LogP contribution in [0.3, 0.4) is 0 Å². The SMILES string of the molecule is Cc1oc(=O)oc1Cn1c(C(F)(F)F)nc2c(C(F)(F)F)cc(Br)cc21. The summed E-state index contributed by atoms with van der Waals surface area (Å²) in [5.41, 5.74) is -2.62. The van der Waals surface area contributed by atoms with E-state index in [0.717, 1.165) is 6.07 Å². The van der Waals surface area contributed by atoms with E-state index in [1.165, 1.54) is 6.92 Å². The Morgan fingerprint density at radius 2 is 1.77 bits per heavy atom. The highest BCUT2D eigenvalue weighted by molar-refractivity contribution is 9.10. The maximum absolute atomic E-state index is 13.3. The number of hydrogen-bond donors (Lipinski definition) is 0. The van der Waals surface area contributed by atoms with Crippen LogP contribution in [0.25, 0.3) is 11.0 Å². The van der Waals surface area contributed by atoms with Crippen LogP contribution >= 0.6 is 15.9 Å². The van der Waals surface area contributed by atoms with Gasteiger partial charge in [-0.25, -0.2) is 9.78 Å². The van der Waals surface area contributed by atoms with Crippen LogP contribution in [0.15, 0.2) is 30.2 Å². The van der Waals surface area contributed by atoms with Gasteiger partial charge >= 0.3 is 18.2 Å². The van der Waals surface area contributed by atoms with E-state index in [9.17, 15) is 31.1 Å². The van der Waals surface area contributed by atoms with E-state index < -0.39 is 47.1 Å². The van der Waals surface area contributed by atoms with Gasteiger partial charge in [0, 0.05) is 4.47 Å². The minimum absolute atomic E-state index is 0.0856. The molecule has 140 valence electrons. The molecular formula is C14H7BrF6N2O3. The Bertz CT molecular complexity index is 1040. The molecule has 0 atom stereocenters. The molecule has 0 amide bonds. The number of halogens is 7. The van der Waals surface area contributed by atoms with Crippen LogP contribution in [0.5, 0.6) is 0 Å². The van der Waals surface area contributed by atoms with Crippen molar-refractivity contribution >= 4 is 27.0 Å². The van der Waals surface area contributed by atoms with Gasteiger partial charge in [0.1, 0.15) is 11.3 Å². The molecule has 3 aromatic rings. The van der Waals surface area contributed by atoms with Crippen LogP contribution in [0, 0.1) is 6.92 Å². The molecule has 0 aliphatic heterocycles. The number of benzene rings is 1. The van der Waals surface area contributed by atoms with Gasteiger partial charge in [-0.1, -0.05) is 15.9 Å². The lowest BCUT2D eigenvalue weighted by atomic mass is 10.2. The minimum atomic E-state index is -5.04. The third kappa shape index (κ3) is 3.24. The molecule has 0 bridgehead atoms. The summed E-state index contributed by atoms with van der Waals surface area (Å²) in [4.78, 5) is 14.3. The summed E-state index contributed by atoms with van der Waals surface area (Å²) < 4.78 is 89.3. The Balaban J connectivity index is 2.34. The Morgan fingerprint density at radius 1 is 1.12 bits per heavy atom. The molecule has 0 spiro atoms. The standard InChI is InChI=1S/C14H7BrF6N2O3/c1-5-9(26-12(24)25-5)4-23-8-3-6(15)2-7(13(16,17)18)10(8)22-11(23)14(19,20)21/h2-3H,4H2,1H3. The molecule has 3 rings (SSSR count). The Labute approximate surface area is 148 Å². The number of hydrogen-bond acceptors (Lipinski definition) is 4. The molecule has 26 heavy (non-hydrogen) atoms. The highest BCUT2D eigenvalue weighted by atomic mass is 79.9. The molecular weight excluding hydrogens is 438 g/mol. The Kier molecular flexibility index (Phi) is 4.20. The average molecular weight is 445 g/mol. The van der Waals surface area contributed by atoms with Crippen molar-refractivity contribution in [2.45, 2.75) is 25.8 Å². The number of fused-ring (bicyclic) bond motifs is 1. The Morgan fingerprint density at radius 3 is 2.27 bits per heavy atom. The van der Waals surface area contributed by atoms with E-state index in [-0.39, 0.29) is 16.0 Å². The number of rotatable bonds is 2. The zero-order valence-electron chi connectivity index (χ0n) is 12.6. The largest absolute Gasteiger partial charge is 0.519 e. The van der Waals surface area contributed by atoms with Gasteiger partial charge in [-0.05, 0) is 19.1 Å². The van der Waals surface area contributed by atoms with Gasteiger partial charge in [0.15, 0.2) is 5.76 Å². The smallest absolute Gasteiger partial charge is 0.396 e. The van der Waals surface area contributed by atoms with Crippen molar-refractivity contribution in [1.29, 1.82) is 0 Å². The van der Waals surface area contributed by atoms with Crippen LogP contribution in [0.4, 0.5) is 26.3 Å². The number of alkyl halides is 6. The second-order valence-corrected chi connectivity index (χ2v) is 6.19. The van der Waals surface area contributed by atoms with E-state index in [0.29, 0.717) is 10.6 Å². The van der Waals surface area contributed by atoms with Gasteiger partial charge in [0.05, 0.1) is 17.6 Å². The van der Waals surface area contributed by atoms with Crippen molar-refractivity contribution in [3.05, 3.63) is 50.1 Å². The molecule has 12 heteroatoms. The predicted molar refractivity (Wildman–Crippen MR) is 78.5 cm³/mol. The van der Waals surface area contributed by atoms with Crippen molar-refractivity contribution in [3.63, 3.8) is 0 Å². The van der Waals surface area contributed by atoms with Gasteiger partial charge < -0.3 is 13.4 Å². The van der Waals surface area contributed by atoms with Crippen molar-refractivity contribution in [2.24, 2.45) is 0 Å². The molecule has 0 fully saturated rings. The van der Waals surface area contributed by atoms with E-state index >= 15 is 0 Å². The Hall–Kier alpha value is -2.24. The van der Waals surface area contributed by atoms with Crippen LogP contribution in [0.1, 0.15) is 22.9 Å². The topological polar surface area (TPSA) is 61.2 Å². The van der Waals surface area contributed by atoms with Crippen molar-refractivity contribution in [3.8, 4) is 0 Å². The molecule has 0 unspecified atom stereocenters. The van der Waals surface area contributed by atoms with E-state index in [4.69, 9.17) is 0 Å². The van der Waals surface area contributed by atoms with Crippen molar-refractivity contribution in [2.75, 3.05) is 0 Å². The molecule has 1 aromatic carbocycles. The fraction of sp³-hybridized carbons (Fsp3) is 0.286. The van der Waals surface area contributed by atoms with E-state index in [1.807, 2.05) is 0 Å². The molecule has 0 aliphatic carbocycles. The molecule has 0 saturated carbocycles. The average Bonchev–Trinajstić information content (AvgIpc) is 2.98. The quantitative estimate of drug-likeness (QED) is 0.535. The summed E-state index contributed by atoms with van der Waals surface area (Å²) in [7, 11) is 0.